The van der Waals surface area contributed by atoms with Crippen LogP contribution in [0.4, 0.5) is 17.6 Å². The molecule has 1 saturated carbocycles. The number of rotatable bonds is 10. The minimum absolute atomic E-state index is 0.427. The zero-order valence-electron chi connectivity index (χ0n) is 21.9. The van der Waals surface area contributed by atoms with Crippen LogP contribution in [0.2, 0.25) is 0 Å². The van der Waals surface area contributed by atoms with E-state index in [1.54, 1.807) is 0 Å². The molecule has 1 saturated heterocycles. The van der Waals surface area contributed by atoms with Crippen molar-refractivity contribution < 1.29 is 4.52 Å². The molecular formula is C28H35N9O. The molecule has 2 fully saturated rings. The standard InChI is InChI=1S/C28H35N9O/c1-36-11-13-37(14-12-36)10-9-29-26-17-27(32-25-15-22(18-30-25)20-7-8-20)34-28(33-26)31-19-23-16-24(35-38-23)21-5-3-2-4-6-21/h2-6,15-17,20H,7-14,18-19H2,1H3,(H3,29,30,31,32,33,34). The lowest BCUT2D eigenvalue weighted by Crippen LogP contribution is -2.45. The third-order valence-electron chi connectivity index (χ3n) is 7.22. The normalized spacial score (nSPS) is 18.2. The summed E-state index contributed by atoms with van der Waals surface area (Å²) >= 11 is 0. The van der Waals surface area contributed by atoms with E-state index in [-0.39, 0.29) is 0 Å². The van der Waals surface area contributed by atoms with Gasteiger partial charge in [0.05, 0.1) is 13.1 Å². The van der Waals surface area contributed by atoms with Gasteiger partial charge in [-0.2, -0.15) is 9.97 Å². The molecule has 1 aliphatic carbocycles. The number of piperazine rings is 1. The Balaban J connectivity index is 1.12. The van der Waals surface area contributed by atoms with E-state index in [0.717, 1.165) is 74.6 Å². The van der Waals surface area contributed by atoms with Gasteiger partial charge in [0.1, 0.15) is 23.2 Å². The van der Waals surface area contributed by atoms with Gasteiger partial charge in [-0.15, -0.1) is 0 Å². The maximum absolute atomic E-state index is 5.55. The summed E-state index contributed by atoms with van der Waals surface area (Å²) in [4.78, 5) is 18.9. The Bertz CT molecular complexity index is 1290. The number of anilines is 3. The summed E-state index contributed by atoms with van der Waals surface area (Å²) in [6.45, 7) is 7.42. The lowest BCUT2D eigenvalue weighted by molar-refractivity contribution is 0.158. The van der Waals surface area contributed by atoms with Gasteiger partial charge in [-0.25, -0.2) is 0 Å². The van der Waals surface area contributed by atoms with Crippen molar-refractivity contribution >= 4 is 23.4 Å². The molecule has 6 rings (SSSR count). The summed E-state index contributed by atoms with van der Waals surface area (Å²) in [5, 5.41) is 14.4. The van der Waals surface area contributed by atoms with Gasteiger partial charge in [0.25, 0.3) is 0 Å². The fourth-order valence-electron chi connectivity index (χ4n) is 4.75. The molecule has 0 atom stereocenters. The highest BCUT2D eigenvalue weighted by atomic mass is 16.5. The van der Waals surface area contributed by atoms with Gasteiger partial charge in [-0.05, 0) is 37.5 Å². The Morgan fingerprint density at radius 2 is 1.79 bits per heavy atom. The van der Waals surface area contributed by atoms with Gasteiger partial charge >= 0.3 is 0 Å². The van der Waals surface area contributed by atoms with Crippen molar-refractivity contribution in [2.75, 3.05) is 68.8 Å². The first-order chi connectivity index (χ1) is 18.7. The van der Waals surface area contributed by atoms with Crippen LogP contribution < -0.4 is 16.0 Å². The van der Waals surface area contributed by atoms with Crippen LogP contribution in [0, 0.1) is 5.92 Å². The summed E-state index contributed by atoms with van der Waals surface area (Å²) < 4.78 is 5.55. The zero-order chi connectivity index (χ0) is 25.7. The summed E-state index contributed by atoms with van der Waals surface area (Å²) in [5.74, 6) is 4.29. The van der Waals surface area contributed by atoms with Crippen molar-refractivity contribution in [3.63, 3.8) is 0 Å². The van der Waals surface area contributed by atoms with Gasteiger partial charge in [0.2, 0.25) is 5.95 Å². The van der Waals surface area contributed by atoms with Crippen LogP contribution >= 0.6 is 0 Å². The number of hydrogen-bond donors (Lipinski definition) is 3. The van der Waals surface area contributed by atoms with E-state index in [1.807, 2.05) is 42.5 Å². The molecule has 3 aromatic rings. The first-order valence-electron chi connectivity index (χ1n) is 13.5. The number of amidine groups is 1. The van der Waals surface area contributed by atoms with Crippen LogP contribution in [0.3, 0.4) is 0 Å². The predicted molar refractivity (Wildman–Crippen MR) is 150 cm³/mol. The number of benzene rings is 1. The number of likely N-dealkylation sites (N-methyl/N-ethyl adjacent to an activating group) is 1. The monoisotopic (exact) mass is 513 g/mol. The molecule has 3 aliphatic rings. The molecule has 0 spiro atoms. The third-order valence-corrected chi connectivity index (χ3v) is 7.22. The Kier molecular flexibility index (Phi) is 7.32. The van der Waals surface area contributed by atoms with Crippen LogP contribution in [0.5, 0.6) is 0 Å². The van der Waals surface area contributed by atoms with E-state index >= 15 is 0 Å². The third kappa shape index (κ3) is 6.38. The van der Waals surface area contributed by atoms with Crippen LogP contribution in [0.25, 0.3) is 11.3 Å². The van der Waals surface area contributed by atoms with Crippen molar-refractivity contribution in [3.05, 3.63) is 59.9 Å². The highest BCUT2D eigenvalue weighted by molar-refractivity contribution is 6.05. The molecule has 0 radical (unpaired) electrons. The Morgan fingerprint density at radius 3 is 2.61 bits per heavy atom. The van der Waals surface area contributed by atoms with Crippen LogP contribution in [0.1, 0.15) is 18.6 Å². The second kappa shape index (κ2) is 11.3. The summed E-state index contributed by atoms with van der Waals surface area (Å²) in [6.07, 6.45) is 4.74. The maximum atomic E-state index is 5.55. The van der Waals surface area contributed by atoms with Crippen molar-refractivity contribution in [1.29, 1.82) is 0 Å². The minimum atomic E-state index is 0.427. The lowest BCUT2D eigenvalue weighted by Gasteiger charge is -2.32. The van der Waals surface area contributed by atoms with Crippen molar-refractivity contribution in [2.24, 2.45) is 10.9 Å². The second-order valence-electron chi connectivity index (χ2n) is 10.3. The molecule has 4 heterocycles. The second-order valence-corrected chi connectivity index (χ2v) is 10.3. The van der Waals surface area contributed by atoms with Crippen molar-refractivity contribution in [2.45, 2.75) is 19.4 Å². The Hall–Kier alpha value is -3.76. The number of nitrogens with one attached hydrogen (secondary N) is 3. The number of aromatic nitrogens is 3. The van der Waals surface area contributed by atoms with Gasteiger partial charge < -0.3 is 25.4 Å². The van der Waals surface area contributed by atoms with E-state index in [0.29, 0.717) is 24.1 Å². The zero-order valence-corrected chi connectivity index (χ0v) is 21.9. The minimum Gasteiger partial charge on any atom is -0.369 e. The van der Waals surface area contributed by atoms with Gasteiger partial charge in [-0.1, -0.05) is 35.5 Å². The highest BCUT2D eigenvalue weighted by Gasteiger charge is 2.28. The topological polar surface area (TPSA) is 107 Å². The summed E-state index contributed by atoms with van der Waals surface area (Å²) in [6, 6.07) is 13.9. The average Bonchev–Trinajstić information content (AvgIpc) is 3.49. The Morgan fingerprint density at radius 1 is 0.974 bits per heavy atom. The SMILES string of the molecule is CN1CCN(CCNc2cc(NC3=NCC(C4CC4)=C3)nc(NCc3cc(-c4ccccc4)no3)n2)CC1. The molecule has 10 nitrogen and oxygen atoms in total. The summed E-state index contributed by atoms with van der Waals surface area (Å²) in [7, 11) is 2.18. The van der Waals surface area contributed by atoms with E-state index in [4.69, 9.17) is 14.5 Å². The molecule has 10 heteroatoms. The number of nitrogens with zero attached hydrogens (tertiary/aromatic N) is 6. The molecule has 198 valence electrons. The highest BCUT2D eigenvalue weighted by Crippen LogP contribution is 2.37. The molecule has 38 heavy (non-hydrogen) atoms. The molecule has 0 amide bonds. The molecule has 2 aromatic heterocycles. The van der Waals surface area contributed by atoms with Crippen LogP contribution in [0.15, 0.2) is 63.6 Å². The van der Waals surface area contributed by atoms with Crippen molar-refractivity contribution in [3.8, 4) is 11.3 Å². The van der Waals surface area contributed by atoms with Crippen molar-refractivity contribution in [1.82, 2.24) is 24.9 Å². The van der Waals surface area contributed by atoms with Crippen LogP contribution in [-0.4, -0.2) is 83.6 Å². The fourth-order valence-corrected chi connectivity index (χ4v) is 4.75. The van der Waals surface area contributed by atoms with E-state index in [1.165, 1.54) is 18.4 Å². The smallest absolute Gasteiger partial charge is 0.227 e. The molecule has 3 N–H and O–H groups in total. The molecular weight excluding hydrogens is 478 g/mol. The van der Waals surface area contributed by atoms with Gasteiger partial charge in [0.15, 0.2) is 5.76 Å². The maximum Gasteiger partial charge on any atom is 0.227 e. The molecule has 0 bridgehead atoms. The number of hydrogen-bond acceptors (Lipinski definition) is 10. The first-order valence-corrected chi connectivity index (χ1v) is 13.5. The van der Waals surface area contributed by atoms with E-state index in [9.17, 15) is 0 Å². The Labute approximate surface area is 223 Å². The van der Waals surface area contributed by atoms with Gasteiger partial charge in [-0.3, -0.25) is 9.89 Å². The largest absolute Gasteiger partial charge is 0.369 e. The number of aliphatic imine (C=N–C) groups is 1. The van der Waals surface area contributed by atoms with Gasteiger partial charge in [0, 0.05) is 57.0 Å². The summed E-state index contributed by atoms with van der Waals surface area (Å²) in [5.41, 5.74) is 3.25. The quantitative estimate of drug-likeness (QED) is 0.375. The molecule has 0 unspecified atom stereocenters. The molecule has 1 aromatic carbocycles. The van der Waals surface area contributed by atoms with Crippen LogP contribution in [-0.2, 0) is 6.54 Å². The predicted octanol–water partition coefficient (Wildman–Crippen LogP) is 3.56. The molecule has 2 aliphatic heterocycles. The average molecular weight is 514 g/mol. The van der Waals surface area contributed by atoms with E-state index < -0.39 is 0 Å². The lowest BCUT2D eigenvalue weighted by atomic mass is 10.1. The van der Waals surface area contributed by atoms with E-state index in [2.05, 4.69) is 49.0 Å². The fraction of sp³-hybridized carbons (Fsp3) is 0.429. The first kappa shape index (κ1) is 24.6.